The maximum absolute atomic E-state index is 2.36. The van der Waals surface area contributed by atoms with E-state index in [4.69, 9.17) is 0 Å². The topological polar surface area (TPSA) is 6.48 Å². The van der Waals surface area contributed by atoms with E-state index >= 15 is 0 Å². The number of para-hydroxylation sites is 2. The summed E-state index contributed by atoms with van der Waals surface area (Å²) in [6, 6.07) is 68.8. The van der Waals surface area contributed by atoms with Crippen LogP contribution in [0.3, 0.4) is 0 Å². The minimum absolute atomic E-state index is 0.268. The van der Waals surface area contributed by atoms with Crippen LogP contribution in [0.25, 0.3) is 23.3 Å². The summed E-state index contributed by atoms with van der Waals surface area (Å²) in [7, 11) is 0. The number of allylic oxidation sites excluding steroid dienone is 7. The molecule has 0 bridgehead atoms. The molecule has 2 nitrogen and oxygen atoms in total. The molecule has 276 valence electrons. The summed E-state index contributed by atoms with van der Waals surface area (Å²) in [6.07, 6.45) is 18.7. The zero-order chi connectivity index (χ0) is 38.7. The van der Waals surface area contributed by atoms with Crippen LogP contribution in [0.2, 0.25) is 0 Å². The van der Waals surface area contributed by atoms with Crippen molar-refractivity contribution in [2.75, 3.05) is 9.80 Å². The molecule has 2 heteroatoms. The van der Waals surface area contributed by atoms with E-state index < -0.39 is 0 Å². The minimum Gasteiger partial charge on any atom is -0.311 e. The number of nitrogens with zero attached hydrogens (tertiary/aromatic N) is 2. The van der Waals surface area contributed by atoms with Crippen molar-refractivity contribution in [1.82, 2.24) is 0 Å². The first-order valence-corrected chi connectivity index (χ1v) is 19.7. The van der Waals surface area contributed by atoms with Crippen molar-refractivity contribution in [3.05, 3.63) is 259 Å². The number of rotatable bonds is 12. The van der Waals surface area contributed by atoms with Gasteiger partial charge in [-0.1, -0.05) is 183 Å². The number of hydrogen-bond donors (Lipinski definition) is 0. The van der Waals surface area contributed by atoms with Crippen molar-refractivity contribution in [3.63, 3.8) is 0 Å². The van der Waals surface area contributed by atoms with Crippen molar-refractivity contribution in [2.45, 2.75) is 13.3 Å². The summed E-state index contributed by atoms with van der Waals surface area (Å²) in [4.78, 5) is 4.66. The van der Waals surface area contributed by atoms with Crippen LogP contribution < -0.4 is 9.80 Å². The highest BCUT2D eigenvalue weighted by Gasteiger charge is 2.18. The number of benzene rings is 7. The van der Waals surface area contributed by atoms with Gasteiger partial charge in [0, 0.05) is 40.1 Å². The van der Waals surface area contributed by atoms with Crippen LogP contribution in [0.5, 0.6) is 0 Å². The second kappa shape index (κ2) is 18.0. The molecule has 0 aromatic heterocycles. The first-order chi connectivity index (χ1) is 28.2. The van der Waals surface area contributed by atoms with Crippen molar-refractivity contribution >= 4 is 40.6 Å². The maximum atomic E-state index is 2.36. The summed E-state index contributed by atoms with van der Waals surface area (Å²) in [5.41, 5.74) is 14.1. The Morgan fingerprint density at radius 3 is 1.46 bits per heavy atom. The fraction of sp³-hybridized carbons (Fsp3) is 0.0545. The van der Waals surface area contributed by atoms with Gasteiger partial charge in [0.2, 0.25) is 0 Å². The molecule has 0 saturated carbocycles. The summed E-state index contributed by atoms with van der Waals surface area (Å²) in [5.74, 6) is 0.268. The van der Waals surface area contributed by atoms with Gasteiger partial charge in [-0.25, -0.2) is 0 Å². The van der Waals surface area contributed by atoms with Gasteiger partial charge in [0.05, 0.1) is 0 Å². The van der Waals surface area contributed by atoms with Crippen molar-refractivity contribution in [2.24, 2.45) is 5.92 Å². The first-order valence-electron chi connectivity index (χ1n) is 19.7. The second-order valence-electron chi connectivity index (χ2n) is 14.3. The van der Waals surface area contributed by atoms with E-state index in [-0.39, 0.29) is 5.92 Å². The van der Waals surface area contributed by atoms with Gasteiger partial charge >= 0.3 is 0 Å². The van der Waals surface area contributed by atoms with Crippen molar-refractivity contribution in [3.8, 4) is 11.1 Å². The molecule has 57 heavy (non-hydrogen) atoms. The molecule has 7 aromatic rings. The molecule has 0 N–H and O–H groups in total. The summed E-state index contributed by atoms with van der Waals surface area (Å²) < 4.78 is 0. The lowest BCUT2D eigenvalue weighted by atomic mass is 9.93. The van der Waals surface area contributed by atoms with Gasteiger partial charge in [0.1, 0.15) is 0 Å². The van der Waals surface area contributed by atoms with E-state index in [1.54, 1.807) is 0 Å². The van der Waals surface area contributed by atoms with Crippen molar-refractivity contribution < 1.29 is 0 Å². The SMILES string of the molecule is CC1C=C(N(c2ccccc2)c2ccc(-c3ccc(N(c4ccccc4)c4ccc(C=CCc5ccccc5)cc4)cc3)cc2)C=CC1=C/C=C/c1ccccc1. The van der Waals surface area contributed by atoms with Gasteiger partial charge in [-0.05, 0) is 107 Å². The fourth-order valence-electron chi connectivity index (χ4n) is 7.27. The summed E-state index contributed by atoms with van der Waals surface area (Å²) in [5, 5.41) is 0. The molecular weight excluding hydrogens is 689 g/mol. The van der Waals surface area contributed by atoms with Crippen LogP contribution in [0.1, 0.15) is 23.6 Å². The molecule has 0 radical (unpaired) electrons. The molecule has 0 heterocycles. The van der Waals surface area contributed by atoms with E-state index in [1.807, 2.05) is 6.07 Å². The molecule has 7 aromatic carbocycles. The van der Waals surface area contributed by atoms with Crippen LogP contribution in [-0.4, -0.2) is 0 Å². The van der Waals surface area contributed by atoms with Gasteiger partial charge < -0.3 is 9.80 Å². The predicted octanol–water partition coefficient (Wildman–Crippen LogP) is 14.9. The van der Waals surface area contributed by atoms with E-state index in [0.29, 0.717) is 0 Å². The average Bonchev–Trinajstić information content (AvgIpc) is 3.27. The standard InChI is InChI=1S/C55H46N2/c1-43-42-55(41-30-47(43)23-15-22-45-18-8-3-9-19-45)57(51-26-12-5-13-27-51)54-39-33-49(34-40-54)48-31-37-53(38-32-48)56(50-24-10-4-11-25-50)52-35-28-46(29-36-52)21-14-20-44-16-6-2-7-17-44/h2-19,21-43H,20H2,1H3/b21-14?,22-15+,47-23?. The van der Waals surface area contributed by atoms with Crippen LogP contribution in [0.4, 0.5) is 28.4 Å². The Morgan fingerprint density at radius 1 is 0.439 bits per heavy atom. The molecule has 0 saturated heterocycles. The van der Waals surface area contributed by atoms with E-state index in [0.717, 1.165) is 40.6 Å². The van der Waals surface area contributed by atoms with Gasteiger partial charge in [0.15, 0.2) is 0 Å². The first kappa shape index (κ1) is 36.8. The normalized spacial score (nSPS) is 14.6. The van der Waals surface area contributed by atoms with Crippen LogP contribution in [0.15, 0.2) is 242 Å². The Kier molecular flexibility index (Phi) is 11.6. The number of hydrogen-bond acceptors (Lipinski definition) is 2. The average molecular weight is 735 g/mol. The molecule has 0 amide bonds. The Hall–Kier alpha value is -7.16. The van der Waals surface area contributed by atoms with Crippen LogP contribution in [0, 0.1) is 5.92 Å². The lowest BCUT2D eigenvalue weighted by molar-refractivity contribution is 0.865. The molecule has 8 rings (SSSR count). The molecule has 1 unspecified atom stereocenters. The zero-order valence-electron chi connectivity index (χ0n) is 32.3. The third-order valence-corrected chi connectivity index (χ3v) is 10.3. The van der Waals surface area contributed by atoms with Crippen LogP contribution in [-0.2, 0) is 6.42 Å². The van der Waals surface area contributed by atoms with Gasteiger partial charge in [-0.3, -0.25) is 0 Å². The third kappa shape index (κ3) is 9.21. The summed E-state index contributed by atoms with van der Waals surface area (Å²) >= 11 is 0. The predicted molar refractivity (Wildman–Crippen MR) is 244 cm³/mol. The Labute approximate surface area is 338 Å². The van der Waals surface area contributed by atoms with E-state index in [1.165, 1.54) is 33.4 Å². The summed E-state index contributed by atoms with van der Waals surface area (Å²) in [6.45, 7) is 2.27. The highest BCUT2D eigenvalue weighted by atomic mass is 15.1. The van der Waals surface area contributed by atoms with E-state index in [9.17, 15) is 0 Å². The molecular formula is C55H46N2. The fourth-order valence-corrected chi connectivity index (χ4v) is 7.27. The highest BCUT2D eigenvalue weighted by molar-refractivity contribution is 5.80. The van der Waals surface area contributed by atoms with Gasteiger partial charge in [-0.15, -0.1) is 0 Å². The third-order valence-electron chi connectivity index (χ3n) is 10.3. The number of anilines is 5. The second-order valence-corrected chi connectivity index (χ2v) is 14.3. The lowest BCUT2D eigenvalue weighted by Crippen LogP contribution is -2.18. The smallest absolute Gasteiger partial charge is 0.0462 e. The zero-order valence-corrected chi connectivity index (χ0v) is 32.3. The molecule has 1 aliphatic carbocycles. The Morgan fingerprint density at radius 2 is 0.895 bits per heavy atom. The molecule has 0 aliphatic heterocycles. The quantitative estimate of drug-likeness (QED) is 0.123. The van der Waals surface area contributed by atoms with Crippen LogP contribution >= 0.6 is 0 Å². The monoisotopic (exact) mass is 734 g/mol. The van der Waals surface area contributed by atoms with Gasteiger partial charge in [0.25, 0.3) is 0 Å². The highest BCUT2D eigenvalue weighted by Crippen LogP contribution is 2.38. The molecule has 1 atom stereocenters. The maximum Gasteiger partial charge on any atom is 0.0462 e. The molecule has 1 aliphatic rings. The van der Waals surface area contributed by atoms with Gasteiger partial charge in [-0.2, -0.15) is 0 Å². The van der Waals surface area contributed by atoms with Crippen molar-refractivity contribution in [1.29, 1.82) is 0 Å². The van der Waals surface area contributed by atoms with E-state index in [2.05, 4.69) is 253 Å². The largest absolute Gasteiger partial charge is 0.311 e. The Balaban J connectivity index is 1.01. The minimum atomic E-state index is 0.268. The molecule has 0 spiro atoms. The Bertz CT molecular complexity index is 2490. The molecule has 0 fully saturated rings. The lowest BCUT2D eigenvalue weighted by Gasteiger charge is -2.29.